The Balaban J connectivity index is 1.39. The van der Waals surface area contributed by atoms with E-state index in [2.05, 4.69) is 39.5 Å². The Kier molecular flexibility index (Phi) is 6.95. The molecular formula is C29H25ClN4O4S. The maximum absolute atomic E-state index is 11.6. The normalized spacial score (nSPS) is 19.3. The number of rotatable bonds is 6. The topological polar surface area (TPSA) is 91.1 Å². The lowest BCUT2D eigenvalue weighted by atomic mass is 10.0. The number of hydrogen-bond donors (Lipinski definition) is 2. The second-order valence-corrected chi connectivity index (χ2v) is 10.1. The molecule has 2 saturated heterocycles. The second-order valence-electron chi connectivity index (χ2n) is 9.31. The van der Waals surface area contributed by atoms with Gasteiger partial charge in [0.25, 0.3) is 0 Å². The average molecular weight is 561 g/mol. The Morgan fingerprint density at radius 3 is 2.51 bits per heavy atom. The van der Waals surface area contributed by atoms with Crippen molar-refractivity contribution < 1.29 is 19.1 Å². The fourth-order valence-corrected chi connectivity index (χ4v) is 5.63. The van der Waals surface area contributed by atoms with Gasteiger partial charge >= 0.3 is 5.97 Å². The number of carboxylic acid groups (broad SMARTS) is 1. The van der Waals surface area contributed by atoms with Crippen LogP contribution in [0.3, 0.4) is 0 Å². The summed E-state index contributed by atoms with van der Waals surface area (Å²) in [6.45, 7) is 3.15. The zero-order valence-electron chi connectivity index (χ0n) is 20.8. The molecule has 4 aromatic rings. The Bertz CT molecular complexity index is 1510. The minimum Gasteiger partial charge on any atom is -0.478 e. The molecular weight excluding hydrogens is 536 g/mol. The van der Waals surface area contributed by atoms with Crippen molar-refractivity contribution in [3.8, 4) is 11.3 Å². The van der Waals surface area contributed by atoms with Gasteiger partial charge in [-0.1, -0.05) is 17.7 Å². The predicted molar refractivity (Wildman–Crippen MR) is 154 cm³/mol. The van der Waals surface area contributed by atoms with Crippen molar-refractivity contribution in [3.05, 3.63) is 101 Å². The number of ether oxygens (including phenoxy) is 1. The zero-order chi connectivity index (χ0) is 26.9. The highest BCUT2D eigenvalue weighted by atomic mass is 35.5. The SMILES string of the molecule is O=C(O)c1ccc(Cl)c(-c2ccc([C@@H]3[C@@H](c4ccccn4)NC(=S)N3c3ccc(N4CCOCC4)cc3)o2)c1. The number of furan rings is 1. The van der Waals surface area contributed by atoms with Crippen molar-refractivity contribution in [1.82, 2.24) is 10.3 Å². The summed E-state index contributed by atoms with van der Waals surface area (Å²) in [5, 5.41) is 13.8. The van der Waals surface area contributed by atoms with Gasteiger partial charge in [-0.05, 0) is 78.9 Å². The number of benzene rings is 2. The first-order chi connectivity index (χ1) is 19.0. The number of carboxylic acids is 1. The van der Waals surface area contributed by atoms with Gasteiger partial charge in [-0.25, -0.2) is 4.79 Å². The van der Waals surface area contributed by atoms with E-state index >= 15 is 0 Å². The van der Waals surface area contributed by atoms with Crippen LogP contribution >= 0.6 is 23.8 Å². The lowest BCUT2D eigenvalue weighted by Crippen LogP contribution is -2.36. The van der Waals surface area contributed by atoms with Crippen molar-refractivity contribution in [2.45, 2.75) is 12.1 Å². The molecule has 198 valence electrons. The third-order valence-corrected chi connectivity index (χ3v) is 7.64. The van der Waals surface area contributed by atoms with E-state index in [-0.39, 0.29) is 17.6 Å². The summed E-state index contributed by atoms with van der Waals surface area (Å²) in [6, 6.07) is 21.7. The molecule has 0 amide bonds. The molecule has 0 bridgehead atoms. The van der Waals surface area contributed by atoms with Crippen LogP contribution in [0.5, 0.6) is 0 Å². The van der Waals surface area contributed by atoms with Crippen LogP contribution in [0.25, 0.3) is 11.3 Å². The lowest BCUT2D eigenvalue weighted by molar-refractivity contribution is 0.0697. The van der Waals surface area contributed by atoms with E-state index in [4.69, 9.17) is 33.0 Å². The molecule has 2 N–H and O–H groups in total. The largest absolute Gasteiger partial charge is 0.478 e. The van der Waals surface area contributed by atoms with Gasteiger partial charge in [0.1, 0.15) is 17.6 Å². The van der Waals surface area contributed by atoms with Crippen molar-refractivity contribution in [2.75, 3.05) is 36.1 Å². The summed E-state index contributed by atoms with van der Waals surface area (Å²) in [6.07, 6.45) is 1.75. The van der Waals surface area contributed by atoms with Crippen LogP contribution < -0.4 is 15.1 Å². The molecule has 2 atom stereocenters. The maximum Gasteiger partial charge on any atom is 0.335 e. The Labute approximate surface area is 235 Å². The summed E-state index contributed by atoms with van der Waals surface area (Å²) < 4.78 is 11.9. The zero-order valence-corrected chi connectivity index (χ0v) is 22.4. The molecule has 0 spiro atoms. The van der Waals surface area contributed by atoms with E-state index in [1.807, 2.05) is 29.2 Å². The average Bonchev–Trinajstić information content (AvgIpc) is 3.59. The van der Waals surface area contributed by atoms with Crippen LogP contribution in [0.2, 0.25) is 5.02 Å². The number of aromatic carboxylic acids is 1. The molecule has 0 saturated carbocycles. The van der Waals surface area contributed by atoms with Crippen LogP contribution in [-0.2, 0) is 4.74 Å². The van der Waals surface area contributed by atoms with Crippen LogP contribution in [-0.4, -0.2) is 47.5 Å². The van der Waals surface area contributed by atoms with Gasteiger partial charge in [-0.3, -0.25) is 4.98 Å². The Morgan fingerprint density at radius 1 is 1.03 bits per heavy atom. The minimum atomic E-state index is -1.04. The summed E-state index contributed by atoms with van der Waals surface area (Å²) in [5.74, 6) is 0.0762. The molecule has 8 nitrogen and oxygen atoms in total. The number of hydrogen-bond acceptors (Lipinski definition) is 6. The second kappa shape index (κ2) is 10.7. The first kappa shape index (κ1) is 25.4. The molecule has 2 aliphatic rings. The molecule has 4 heterocycles. The molecule has 6 rings (SSSR count). The number of anilines is 2. The number of thiocarbonyl (C=S) groups is 1. The molecule has 2 aromatic heterocycles. The number of halogens is 1. The van der Waals surface area contributed by atoms with Gasteiger partial charge in [0.05, 0.1) is 35.5 Å². The number of nitrogens with one attached hydrogen (secondary N) is 1. The minimum absolute atomic E-state index is 0.129. The highest BCUT2D eigenvalue weighted by molar-refractivity contribution is 7.80. The van der Waals surface area contributed by atoms with Crippen LogP contribution in [0.1, 0.15) is 33.9 Å². The third-order valence-electron chi connectivity index (χ3n) is 7.00. The van der Waals surface area contributed by atoms with E-state index in [0.717, 1.165) is 43.4 Å². The van der Waals surface area contributed by atoms with E-state index in [9.17, 15) is 9.90 Å². The number of pyridine rings is 1. The van der Waals surface area contributed by atoms with Crippen LogP contribution in [0, 0.1) is 0 Å². The lowest BCUT2D eigenvalue weighted by Gasteiger charge is -2.30. The van der Waals surface area contributed by atoms with Crippen LogP contribution in [0.4, 0.5) is 11.4 Å². The van der Waals surface area contributed by atoms with Crippen LogP contribution in [0.15, 0.2) is 83.4 Å². The summed E-state index contributed by atoms with van der Waals surface area (Å²) >= 11 is 12.3. The molecule has 0 aliphatic carbocycles. The quantitative estimate of drug-likeness (QED) is 0.288. The smallest absolute Gasteiger partial charge is 0.335 e. The summed E-state index contributed by atoms with van der Waals surface area (Å²) in [4.78, 5) is 20.5. The summed E-state index contributed by atoms with van der Waals surface area (Å²) in [5.41, 5.74) is 3.50. The molecule has 0 radical (unpaired) electrons. The van der Waals surface area contributed by atoms with Crippen molar-refractivity contribution in [2.24, 2.45) is 0 Å². The number of nitrogens with zero attached hydrogens (tertiary/aromatic N) is 3. The Hall–Kier alpha value is -3.92. The molecule has 39 heavy (non-hydrogen) atoms. The molecule has 10 heteroatoms. The highest BCUT2D eigenvalue weighted by Crippen LogP contribution is 2.43. The Morgan fingerprint density at radius 2 is 1.79 bits per heavy atom. The maximum atomic E-state index is 11.6. The molecule has 0 unspecified atom stereocenters. The molecule has 2 fully saturated rings. The first-order valence-corrected chi connectivity index (χ1v) is 13.3. The first-order valence-electron chi connectivity index (χ1n) is 12.6. The van der Waals surface area contributed by atoms with Crippen molar-refractivity contribution in [1.29, 1.82) is 0 Å². The standard InChI is InChI=1S/C29H25ClN4O4S/c30-22-9-4-18(28(35)36)17-21(22)24-10-11-25(38-24)27-26(23-3-1-2-12-31-23)32-29(39)34(27)20-7-5-19(6-8-20)33-13-15-37-16-14-33/h1-12,17,26-27H,13-16H2,(H,32,39)(H,35,36)/t26-,27-/m1/s1. The fourth-order valence-electron chi connectivity index (χ4n) is 5.07. The number of aromatic nitrogens is 1. The van der Waals surface area contributed by atoms with E-state index in [1.54, 1.807) is 18.3 Å². The number of carbonyl (C=O) groups is 1. The van der Waals surface area contributed by atoms with Crippen molar-refractivity contribution >= 4 is 46.3 Å². The van der Waals surface area contributed by atoms with Gasteiger partial charge in [-0.15, -0.1) is 0 Å². The van der Waals surface area contributed by atoms with Gasteiger partial charge in [0.2, 0.25) is 0 Å². The highest BCUT2D eigenvalue weighted by Gasteiger charge is 2.42. The van der Waals surface area contributed by atoms with E-state index in [0.29, 0.717) is 27.2 Å². The third kappa shape index (κ3) is 4.96. The van der Waals surface area contributed by atoms with Crippen molar-refractivity contribution in [3.63, 3.8) is 0 Å². The van der Waals surface area contributed by atoms with Gasteiger partial charge in [0.15, 0.2) is 5.11 Å². The summed E-state index contributed by atoms with van der Waals surface area (Å²) in [7, 11) is 0. The molecule has 2 aromatic carbocycles. The fraction of sp³-hybridized carbons (Fsp3) is 0.207. The predicted octanol–water partition coefficient (Wildman–Crippen LogP) is 5.71. The van der Waals surface area contributed by atoms with E-state index in [1.165, 1.54) is 12.1 Å². The van der Waals surface area contributed by atoms with Gasteiger partial charge < -0.3 is 29.4 Å². The molecule has 2 aliphatic heterocycles. The monoisotopic (exact) mass is 560 g/mol. The van der Waals surface area contributed by atoms with E-state index < -0.39 is 5.97 Å². The number of morpholine rings is 1. The van der Waals surface area contributed by atoms with Gasteiger partial charge in [0, 0.05) is 36.2 Å². The van der Waals surface area contributed by atoms with Gasteiger partial charge in [-0.2, -0.15) is 0 Å².